The minimum absolute atomic E-state index is 0.0594. The van der Waals surface area contributed by atoms with Gasteiger partial charge >= 0.3 is 0 Å². The topological polar surface area (TPSA) is 38.5 Å². The highest BCUT2D eigenvalue weighted by atomic mass is 16.5. The molecule has 0 fully saturated rings. The van der Waals surface area contributed by atoms with Gasteiger partial charge in [0.05, 0.1) is 6.61 Å². The zero-order valence-corrected chi connectivity index (χ0v) is 12.0. The van der Waals surface area contributed by atoms with Crippen LogP contribution in [0.25, 0.3) is 0 Å². The van der Waals surface area contributed by atoms with E-state index in [1.165, 1.54) is 11.1 Å². The zero-order chi connectivity index (χ0) is 13.5. The fourth-order valence-corrected chi connectivity index (χ4v) is 2.03. The lowest BCUT2D eigenvalue weighted by Gasteiger charge is -2.29. The number of aryl methyl sites for hydroxylation is 1. The molecule has 0 amide bonds. The van der Waals surface area contributed by atoms with E-state index in [0.717, 1.165) is 19.7 Å². The molecule has 2 N–H and O–H groups in total. The standard InChI is InChI=1S/C15H26N2O/c1-12(2)17(8-9-18-4)11-15(16)14-7-5-6-13(3)10-14/h5-7,10,12,15H,8-9,11,16H2,1-4H3. The van der Waals surface area contributed by atoms with Crippen molar-refractivity contribution in [1.82, 2.24) is 4.90 Å². The van der Waals surface area contributed by atoms with Gasteiger partial charge in [-0.2, -0.15) is 0 Å². The Hall–Kier alpha value is -0.900. The van der Waals surface area contributed by atoms with E-state index in [2.05, 4.69) is 49.9 Å². The highest BCUT2D eigenvalue weighted by Crippen LogP contribution is 2.14. The minimum atomic E-state index is 0.0594. The van der Waals surface area contributed by atoms with Crippen LogP contribution in [0.4, 0.5) is 0 Å². The summed E-state index contributed by atoms with van der Waals surface area (Å²) in [5, 5.41) is 0. The van der Waals surface area contributed by atoms with Gasteiger partial charge in [0.2, 0.25) is 0 Å². The summed E-state index contributed by atoms with van der Waals surface area (Å²) in [6.45, 7) is 9.02. The predicted molar refractivity (Wildman–Crippen MR) is 76.7 cm³/mol. The normalized spacial score (nSPS) is 13.3. The third-order valence-electron chi connectivity index (χ3n) is 3.21. The lowest BCUT2D eigenvalue weighted by Crippen LogP contribution is -2.39. The number of benzene rings is 1. The Morgan fingerprint density at radius 2 is 2.06 bits per heavy atom. The van der Waals surface area contributed by atoms with Crippen LogP contribution in [0.15, 0.2) is 24.3 Å². The van der Waals surface area contributed by atoms with Crippen LogP contribution in [-0.2, 0) is 4.74 Å². The molecular formula is C15H26N2O. The molecule has 0 heterocycles. The Kier molecular flexibility index (Phi) is 6.33. The van der Waals surface area contributed by atoms with E-state index in [-0.39, 0.29) is 6.04 Å². The summed E-state index contributed by atoms with van der Waals surface area (Å²) in [4.78, 5) is 2.36. The van der Waals surface area contributed by atoms with Crippen LogP contribution in [0, 0.1) is 6.92 Å². The molecule has 1 atom stereocenters. The molecule has 0 aliphatic heterocycles. The first-order valence-corrected chi connectivity index (χ1v) is 6.59. The van der Waals surface area contributed by atoms with Gasteiger partial charge in [-0.3, -0.25) is 4.90 Å². The summed E-state index contributed by atoms with van der Waals surface area (Å²) in [5.74, 6) is 0. The van der Waals surface area contributed by atoms with E-state index in [0.29, 0.717) is 6.04 Å². The summed E-state index contributed by atoms with van der Waals surface area (Å²) in [5.41, 5.74) is 8.76. The van der Waals surface area contributed by atoms with Crippen molar-refractivity contribution < 1.29 is 4.74 Å². The molecule has 102 valence electrons. The van der Waals surface area contributed by atoms with Gasteiger partial charge < -0.3 is 10.5 Å². The maximum Gasteiger partial charge on any atom is 0.0589 e. The van der Waals surface area contributed by atoms with Crippen molar-refractivity contribution >= 4 is 0 Å². The second-order valence-electron chi connectivity index (χ2n) is 5.10. The molecule has 0 bridgehead atoms. The van der Waals surface area contributed by atoms with E-state index < -0.39 is 0 Å². The molecule has 1 aromatic carbocycles. The van der Waals surface area contributed by atoms with Crippen molar-refractivity contribution in [2.75, 3.05) is 26.8 Å². The van der Waals surface area contributed by atoms with Crippen LogP contribution in [0.2, 0.25) is 0 Å². The number of nitrogens with two attached hydrogens (primary N) is 1. The summed E-state index contributed by atoms with van der Waals surface area (Å²) in [6, 6.07) is 8.98. The second-order valence-corrected chi connectivity index (χ2v) is 5.10. The third-order valence-corrected chi connectivity index (χ3v) is 3.21. The Morgan fingerprint density at radius 1 is 1.33 bits per heavy atom. The predicted octanol–water partition coefficient (Wildman–Crippen LogP) is 2.35. The van der Waals surface area contributed by atoms with Gasteiger partial charge in [-0.1, -0.05) is 29.8 Å². The molecule has 3 heteroatoms. The second kappa shape index (κ2) is 7.52. The maximum absolute atomic E-state index is 6.29. The van der Waals surface area contributed by atoms with Gasteiger partial charge in [0, 0.05) is 32.3 Å². The van der Waals surface area contributed by atoms with Gasteiger partial charge in [-0.05, 0) is 26.3 Å². The smallest absolute Gasteiger partial charge is 0.0589 e. The summed E-state index contributed by atoms with van der Waals surface area (Å²) in [6.07, 6.45) is 0. The first kappa shape index (κ1) is 15.2. The first-order valence-electron chi connectivity index (χ1n) is 6.59. The lowest BCUT2D eigenvalue weighted by molar-refractivity contribution is 0.125. The quantitative estimate of drug-likeness (QED) is 0.807. The summed E-state index contributed by atoms with van der Waals surface area (Å²) in [7, 11) is 1.74. The average Bonchev–Trinajstić information content (AvgIpc) is 2.33. The van der Waals surface area contributed by atoms with Crippen LogP contribution in [-0.4, -0.2) is 37.7 Å². The maximum atomic E-state index is 6.29. The molecule has 0 aliphatic rings. The average molecular weight is 250 g/mol. The van der Waals surface area contributed by atoms with Crippen molar-refractivity contribution in [3.05, 3.63) is 35.4 Å². The van der Waals surface area contributed by atoms with Gasteiger partial charge in [-0.15, -0.1) is 0 Å². The number of hydrogen-bond donors (Lipinski definition) is 1. The van der Waals surface area contributed by atoms with Crippen LogP contribution in [0.3, 0.4) is 0 Å². The third kappa shape index (κ3) is 4.77. The molecule has 0 aromatic heterocycles. The highest BCUT2D eigenvalue weighted by molar-refractivity contribution is 5.25. The summed E-state index contributed by atoms with van der Waals surface area (Å²) >= 11 is 0. The molecule has 0 saturated heterocycles. The van der Waals surface area contributed by atoms with Crippen LogP contribution >= 0.6 is 0 Å². The van der Waals surface area contributed by atoms with E-state index in [9.17, 15) is 0 Å². The Bertz CT molecular complexity index is 352. The Morgan fingerprint density at radius 3 is 2.61 bits per heavy atom. The number of methoxy groups -OCH3 is 1. The molecule has 1 aromatic rings. The van der Waals surface area contributed by atoms with E-state index in [1.54, 1.807) is 7.11 Å². The monoisotopic (exact) mass is 250 g/mol. The largest absolute Gasteiger partial charge is 0.383 e. The van der Waals surface area contributed by atoms with E-state index in [4.69, 9.17) is 10.5 Å². The van der Waals surface area contributed by atoms with Gasteiger partial charge in [-0.25, -0.2) is 0 Å². The van der Waals surface area contributed by atoms with E-state index >= 15 is 0 Å². The van der Waals surface area contributed by atoms with Gasteiger partial charge in [0.15, 0.2) is 0 Å². The van der Waals surface area contributed by atoms with Gasteiger partial charge in [0.25, 0.3) is 0 Å². The molecule has 0 radical (unpaired) electrons. The summed E-state index contributed by atoms with van der Waals surface area (Å²) < 4.78 is 5.15. The van der Waals surface area contributed by atoms with Crippen LogP contribution in [0.5, 0.6) is 0 Å². The molecule has 0 aliphatic carbocycles. The van der Waals surface area contributed by atoms with Crippen molar-refractivity contribution in [2.45, 2.75) is 32.9 Å². The number of rotatable bonds is 7. The molecule has 0 spiro atoms. The SMILES string of the molecule is COCCN(CC(N)c1cccc(C)c1)C(C)C. The molecule has 1 unspecified atom stereocenters. The molecule has 3 nitrogen and oxygen atoms in total. The van der Waals surface area contributed by atoms with Crippen molar-refractivity contribution in [1.29, 1.82) is 0 Å². The Balaban J connectivity index is 2.63. The lowest BCUT2D eigenvalue weighted by atomic mass is 10.0. The van der Waals surface area contributed by atoms with Crippen LogP contribution in [0.1, 0.15) is 31.0 Å². The zero-order valence-electron chi connectivity index (χ0n) is 12.0. The van der Waals surface area contributed by atoms with Crippen LogP contribution < -0.4 is 5.73 Å². The molecule has 0 saturated carbocycles. The number of ether oxygens (including phenoxy) is 1. The van der Waals surface area contributed by atoms with Gasteiger partial charge in [0.1, 0.15) is 0 Å². The minimum Gasteiger partial charge on any atom is -0.383 e. The van der Waals surface area contributed by atoms with E-state index in [1.807, 2.05) is 0 Å². The van der Waals surface area contributed by atoms with Crippen molar-refractivity contribution in [3.8, 4) is 0 Å². The molecular weight excluding hydrogens is 224 g/mol. The fraction of sp³-hybridized carbons (Fsp3) is 0.600. The van der Waals surface area contributed by atoms with Crippen molar-refractivity contribution in [2.24, 2.45) is 5.73 Å². The highest BCUT2D eigenvalue weighted by Gasteiger charge is 2.14. The molecule has 1 rings (SSSR count). The van der Waals surface area contributed by atoms with Crippen molar-refractivity contribution in [3.63, 3.8) is 0 Å². The number of nitrogens with zero attached hydrogens (tertiary/aromatic N) is 1. The molecule has 18 heavy (non-hydrogen) atoms. The fourth-order valence-electron chi connectivity index (χ4n) is 2.03. The Labute approximate surface area is 111 Å². The number of hydrogen-bond acceptors (Lipinski definition) is 3. The first-order chi connectivity index (χ1) is 8.54.